The van der Waals surface area contributed by atoms with Crippen LogP contribution in [0.4, 0.5) is 10.5 Å². The average Bonchev–Trinajstić information content (AvgIpc) is 3.25. The molecule has 7 nitrogen and oxygen atoms in total. The molecule has 0 bridgehead atoms. The lowest BCUT2D eigenvalue weighted by Crippen LogP contribution is -2.66. The summed E-state index contributed by atoms with van der Waals surface area (Å²) in [5, 5.41) is 5.79. The normalized spacial score (nSPS) is 26.9. The van der Waals surface area contributed by atoms with E-state index in [1.807, 2.05) is 24.3 Å². The Hall–Kier alpha value is -3.42. The van der Waals surface area contributed by atoms with Crippen molar-refractivity contribution in [2.75, 3.05) is 25.0 Å². The average molecular weight is 470 g/mol. The van der Waals surface area contributed by atoms with Crippen molar-refractivity contribution < 1.29 is 9.59 Å². The Balaban J connectivity index is 1.33. The van der Waals surface area contributed by atoms with Crippen LogP contribution < -0.4 is 10.2 Å². The molecule has 6 rings (SSSR count). The van der Waals surface area contributed by atoms with E-state index in [0.717, 1.165) is 35.1 Å². The smallest absolute Gasteiger partial charge is 0.328 e. The fourth-order valence-electron chi connectivity index (χ4n) is 5.90. The van der Waals surface area contributed by atoms with Crippen LogP contribution in [-0.4, -0.2) is 65.3 Å². The van der Waals surface area contributed by atoms with Crippen molar-refractivity contribution in [2.45, 2.75) is 38.9 Å². The van der Waals surface area contributed by atoms with Gasteiger partial charge >= 0.3 is 6.03 Å². The number of anilines is 1. The number of carbonyl (C=O) groups excluding carboxylic acids is 2. The van der Waals surface area contributed by atoms with Crippen LogP contribution in [0.3, 0.4) is 0 Å². The van der Waals surface area contributed by atoms with Gasteiger partial charge in [-0.25, -0.2) is 4.79 Å². The van der Waals surface area contributed by atoms with Gasteiger partial charge in [0.05, 0.1) is 6.54 Å². The largest absolute Gasteiger partial charge is 0.343 e. The van der Waals surface area contributed by atoms with Crippen LogP contribution >= 0.6 is 0 Å². The van der Waals surface area contributed by atoms with Gasteiger partial charge < -0.3 is 9.80 Å². The third-order valence-electron chi connectivity index (χ3n) is 7.66. The SMILES string of the molecule is Cc1ccc(N2CC(C)CN3C4C(=O)N(Cc5cccc6ccccc56)C(=O)N(C)C4NC23)cc1. The second kappa shape index (κ2) is 8.36. The fourth-order valence-corrected chi connectivity index (χ4v) is 5.90. The Bertz CT molecular complexity index is 1290. The summed E-state index contributed by atoms with van der Waals surface area (Å²) in [5.74, 6) is 0.259. The van der Waals surface area contributed by atoms with Crippen LogP contribution in [0.2, 0.25) is 0 Å². The summed E-state index contributed by atoms with van der Waals surface area (Å²) in [7, 11) is 1.80. The predicted molar refractivity (Wildman–Crippen MR) is 137 cm³/mol. The zero-order valence-corrected chi connectivity index (χ0v) is 20.4. The number of carbonyl (C=O) groups is 2. The lowest BCUT2D eigenvalue weighted by atomic mass is 10.0. The maximum Gasteiger partial charge on any atom is 0.328 e. The standard InChI is InChI=1S/C28H31N5O2/c1-18-11-13-22(14-12-18)31-15-19(2)16-32-24-25(29-27(31)32)30(3)28(35)33(26(24)34)17-21-9-6-8-20-7-4-5-10-23(20)21/h4-14,19,24-25,27,29H,15-17H2,1-3H3. The number of hydrogen-bond donors (Lipinski definition) is 1. The van der Waals surface area contributed by atoms with Gasteiger partial charge in [0.15, 0.2) is 0 Å². The van der Waals surface area contributed by atoms with Crippen LogP contribution in [0, 0.1) is 12.8 Å². The molecule has 4 atom stereocenters. The van der Waals surface area contributed by atoms with Gasteiger partial charge in [-0.05, 0) is 41.3 Å². The van der Waals surface area contributed by atoms with E-state index in [-0.39, 0.29) is 30.9 Å². The molecular formula is C28H31N5O2. The van der Waals surface area contributed by atoms with E-state index in [4.69, 9.17) is 0 Å². The highest BCUT2D eigenvalue weighted by Gasteiger charge is 2.56. The third-order valence-corrected chi connectivity index (χ3v) is 7.66. The molecule has 0 aromatic heterocycles. The van der Waals surface area contributed by atoms with E-state index in [1.165, 1.54) is 10.5 Å². The van der Waals surface area contributed by atoms with Gasteiger partial charge in [0.1, 0.15) is 18.5 Å². The summed E-state index contributed by atoms with van der Waals surface area (Å²) in [5.41, 5.74) is 3.32. The Morgan fingerprint density at radius 2 is 1.69 bits per heavy atom. The molecule has 4 unspecified atom stereocenters. The second-order valence-electron chi connectivity index (χ2n) is 10.2. The molecule has 0 radical (unpaired) electrons. The van der Waals surface area contributed by atoms with Gasteiger partial charge in [-0.15, -0.1) is 0 Å². The first kappa shape index (κ1) is 22.1. The predicted octanol–water partition coefficient (Wildman–Crippen LogP) is 3.58. The number of urea groups is 1. The number of rotatable bonds is 3. The second-order valence-corrected chi connectivity index (χ2v) is 10.2. The van der Waals surface area contributed by atoms with Crippen LogP contribution in [0.5, 0.6) is 0 Å². The van der Waals surface area contributed by atoms with Crippen molar-refractivity contribution in [3.63, 3.8) is 0 Å². The molecule has 3 aromatic rings. The minimum Gasteiger partial charge on any atom is -0.343 e. The Kier molecular flexibility index (Phi) is 5.27. The quantitative estimate of drug-likeness (QED) is 0.636. The van der Waals surface area contributed by atoms with E-state index in [2.05, 4.69) is 71.4 Å². The van der Waals surface area contributed by atoms with E-state index < -0.39 is 6.04 Å². The van der Waals surface area contributed by atoms with E-state index in [9.17, 15) is 9.59 Å². The Morgan fingerprint density at radius 1 is 0.943 bits per heavy atom. The van der Waals surface area contributed by atoms with E-state index in [1.54, 1.807) is 11.9 Å². The van der Waals surface area contributed by atoms with Crippen LogP contribution in [0.1, 0.15) is 18.1 Å². The van der Waals surface area contributed by atoms with E-state index >= 15 is 0 Å². The van der Waals surface area contributed by atoms with Crippen molar-refractivity contribution >= 4 is 28.4 Å². The number of nitrogens with one attached hydrogen (secondary N) is 1. The summed E-state index contributed by atoms with van der Waals surface area (Å²) in [6.07, 6.45) is -0.498. The van der Waals surface area contributed by atoms with Crippen LogP contribution in [0.25, 0.3) is 10.8 Å². The van der Waals surface area contributed by atoms with Gasteiger partial charge in [0, 0.05) is 25.8 Å². The lowest BCUT2D eigenvalue weighted by molar-refractivity contribution is -0.139. The zero-order chi connectivity index (χ0) is 24.3. The topological polar surface area (TPSA) is 59.1 Å². The van der Waals surface area contributed by atoms with Gasteiger partial charge in [-0.1, -0.05) is 67.1 Å². The van der Waals surface area contributed by atoms with Gasteiger partial charge in [-0.3, -0.25) is 19.9 Å². The first-order valence-corrected chi connectivity index (χ1v) is 12.3. The maximum absolute atomic E-state index is 13.9. The molecule has 3 heterocycles. The molecule has 3 amide bonds. The maximum atomic E-state index is 13.9. The summed E-state index contributed by atoms with van der Waals surface area (Å²) in [6, 6.07) is 22.0. The van der Waals surface area contributed by atoms with Crippen molar-refractivity contribution in [3.05, 3.63) is 77.9 Å². The molecule has 0 saturated carbocycles. The van der Waals surface area contributed by atoms with Crippen molar-refractivity contribution in [1.82, 2.24) is 20.0 Å². The molecule has 3 saturated heterocycles. The zero-order valence-electron chi connectivity index (χ0n) is 20.4. The van der Waals surface area contributed by atoms with Gasteiger partial charge in [-0.2, -0.15) is 0 Å². The molecule has 35 heavy (non-hydrogen) atoms. The molecule has 0 aliphatic carbocycles. The van der Waals surface area contributed by atoms with Crippen LogP contribution in [-0.2, 0) is 11.3 Å². The summed E-state index contributed by atoms with van der Waals surface area (Å²) >= 11 is 0. The summed E-state index contributed by atoms with van der Waals surface area (Å²) < 4.78 is 0. The fraction of sp³-hybridized carbons (Fsp3) is 0.357. The Morgan fingerprint density at radius 3 is 2.49 bits per heavy atom. The van der Waals surface area contributed by atoms with E-state index in [0.29, 0.717) is 5.92 Å². The molecule has 180 valence electrons. The molecule has 3 aliphatic heterocycles. The number of imide groups is 1. The summed E-state index contributed by atoms with van der Waals surface area (Å²) in [4.78, 5) is 35.1. The molecule has 7 heteroatoms. The highest BCUT2D eigenvalue weighted by molar-refractivity contribution is 6.01. The number of benzene rings is 3. The number of likely N-dealkylation sites (N-methyl/N-ethyl adjacent to an activating group) is 1. The minimum atomic E-state index is -0.423. The first-order valence-electron chi connectivity index (χ1n) is 12.3. The number of fused-ring (bicyclic) bond motifs is 4. The summed E-state index contributed by atoms with van der Waals surface area (Å²) in [6.45, 7) is 6.27. The van der Waals surface area contributed by atoms with Crippen molar-refractivity contribution in [1.29, 1.82) is 0 Å². The van der Waals surface area contributed by atoms with Crippen molar-refractivity contribution in [2.24, 2.45) is 5.92 Å². The highest BCUT2D eigenvalue weighted by Crippen LogP contribution is 2.35. The lowest BCUT2D eigenvalue weighted by Gasteiger charge is -2.46. The molecule has 1 N–H and O–H groups in total. The molecular weight excluding hydrogens is 438 g/mol. The van der Waals surface area contributed by atoms with Gasteiger partial charge in [0.2, 0.25) is 0 Å². The van der Waals surface area contributed by atoms with Crippen LogP contribution in [0.15, 0.2) is 66.7 Å². The van der Waals surface area contributed by atoms with Gasteiger partial charge in [0.25, 0.3) is 5.91 Å². The highest BCUT2D eigenvalue weighted by atomic mass is 16.2. The first-order chi connectivity index (χ1) is 16.9. The molecule has 3 aliphatic rings. The molecule has 0 spiro atoms. The van der Waals surface area contributed by atoms with Crippen molar-refractivity contribution in [3.8, 4) is 0 Å². The minimum absolute atomic E-state index is 0.126. The number of hydrogen-bond acceptors (Lipinski definition) is 5. The molecule has 3 aromatic carbocycles. The number of nitrogens with zero attached hydrogens (tertiary/aromatic N) is 4. The monoisotopic (exact) mass is 469 g/mol. The molecule has 3 fully saturated rings. The number of amides is 3. The Labute approximate surface area is 205 Å². The number of aryl methyl sites for hydroxylation is 1. The third kappa shape index (κ3) is 3.58.